The molecule has 4 heterocycles. The third-order valence-electron chi connectivity index (χ3n) is 5.19. The summed E-state index contributed by atoms with van der Waals surface area (Å²) < 4.78 is 81.4. The molecule has 0 fully saturated rings. The Hall–Kier alpha value is -4.49. The van der Waals surface area contributed by atoms with Gasteiger partial charge in [-0.15, -0.1) is 0 Å². The van der Waals surface area contributed by atoms with Crippen molar-refractivity contribution in [2.45, 2.75) is 12.4 Å². The number of rotatable bonds is 3. The number of halogens is 6. The van der Waals surface area contributed by atoms with Gasteiger partial charge in [-0.2, -0.15) is 31.4 Å². The lowest BCUT2D eigenvalue weighted by atomic mass is 10.1. The number of carbonyl (C=O) groups excluding carboxylic acids is 2. The molecule has 2 amide bonds. The molecule has 3 aromatic heterocycles. The minimum absolute atomic E-state index is 0.156. The second-order valence-corrected chi connectivity index (χ2v) is 7.37. The van der Waals surface area contributed by atoms with E-state index in [-0.39, 0.29) is 22.5 Å². The van der Waals surface area contributed by atoms with Crippen LogP contribution in [-0.2, 0) is 12.4 Å². The van der Waals surface area contributed by atoms with Crippen molar-refractivity contribution < 1.29 is 35.9 Å². The van der Waals surface area contributed by atoms with Crippen LogP contribution in [-0.4, -0.2) is 31.6 Å². The quantitative estimate of drug-likeness (QED) is 0.405. The molecule has 0 radical (unpaired) electrons. The van der Waals surface area contributed by atoms with Crippen LogP contribution >= 0.6 is 0 Å². The monoisotopic (exact) mass is 492 g/mol. The maximum atomic E-state index is 14.1. The molecule has 0 unspecified atom stereocenters. The lowest BCUT2D eigenvalue weighted by molar-refractivity contribution is -0.143. The van der Waals surface area contributed by atoms with Crippen molar-refractivity contribution in [3.8, 4) is 5.69 Å². The minimum atomic E-state index is -5.09. The molecule has 0 atom stereocenters. The van der Waals surface area contributed by atoms with Crippen LogP contribution in [0.25, 0.3) is 16.5 Å². The summed E-state index contributed by atoms with van der Waals surface area (Å²) in [6, 6.07) is 5.92. The average molecular weight is 492 g/mol. The fraction of sp³-hybridized carbons (Fsp3) is 0.0952. The summed E-state index contributed by atoms with van der Waals surface area (Å²) in [7, 11) is 0. The fourth-order valence-electron chi connectivity index (χ4n) is 3.74. The van der Waals surface area contributed by atoms with Crippen LogP contribution in [0.4, 0.5) is 37.8 Å². The van der Waals surface area contributed by atoms with Crippen LogP contribution < -0.4 is 10.6 Å². The zero-order valence-electron chi connectivity index (χ0n) is 17.0. The zero-order chi connectivity index (χ0) is 25.1. The third-order valence-corrected chi connectivity index (χ3v) is 5.19. The Morgan fingerprint density at radius 1 is 1.00 bits per heavy atom. The van der Waals surface area contributed by atoms with Crippen molar-refractivity contribution in [2.75, 3.05) is 10.6 Å². The number of hydrogen-bond acceptors (Lipinski definition) is 5. The Kier molecular flexibility index (Phi) is 4.79. The predicted octanol–water partition coefficient (Wildman–Crippen LogP) is 4.67. The number of nitrogens with zero attached hydrogens (tertiary/aromatic N) is 4. The topological polar surface area (TPSA) is 102 Å². The van der Waals surface area contributed by atoms with Gasteiger partial charge in [-0.3, -0.25) is 14.6 Å². The number of anilines is 2. The molecule has 1 aromatic carbocycles. The number of nitrogens with one attached hydrogen (secondary N) is 2. The molecule has 0 aliphatic carbocycles. The van der Waals surface area contributed by atoms with Gasteiger partial charge in [-0.1, -0.05) is 12.1 Å². The first-order chi connectivity index (χ1) is 16.4. The van der Waals surface area contributed by atoms with Crippen molar-refractivity contribution >= 4 is 34.1 Å². The van der Waals surface area contributed by atoms with Crippen molar-refractivity contribution in [2.24, 2.45) is 0 Å². The van der Waals surface area contributed by atoms with Crippen LogP contribution in [0.2, 0.25) is 0 Å². The first-order valence-electron chi connectivity index (χ1n) is 9.68. The van der Waals surface area contributed by atoms with Gasteiger partial charge in [0, 0.05) is 22.7 Å². The van der Waals surface area contributed by atoms with Crippen LogP contribution in [0.15, 0.2) is 48.9 Å². The fourth-order valence-corrected chi connectivity index (χ4v) is 3.74. The molecule has 178 valence electrons. The molecular formula is C21H10F6N6O2. The van der Waals surface area contributed by atoms with Gasteiger partial charge in [-0.25, -0.2) is 9.67 Å². The second-order valence-electron chi connectivity index (χ2n) is 7.37. The van der Waals surface area contributed by atoms with Crippen molar-refractivity contribution in [1.29, 1.82) is 0 Å². The molecule has 0 saturated carbocycles. The lowest BCUT2D eigenvalue weighted by Gasteiger charge is -2.14. The molecule has 1 aliphatic heterocycles. The van der Waals surface area contributed by atoms with Crippen LogP contribution in [0.3, 0.4) is 0 Å². The van der Waals surface area contributed by atoms with Crippen LogP contribution in [0.5, 0.6) is 0 Å². The summed E-state index contributed by atoms with van der Waals surface area (Å²) in [5.41, 5.74) is -4.08. The Morgan fingerprint density at radius 2 is 1.77 bits per heavy atom. The van der Waals surface area contributed by atoms with Crippen LogP contribution in [0, 0.1) is 0 Å². The Balaban J connectivity index is 1.61. The Bertz CT molecular complexity index is 1530. The molecule has 4 aromatic rings. The minimum Gasteiger partial charge on any atom is -0.322 e. The van der Waals surface area contributed by atoms with E-state index in [4.69, 9.17) is 0 Å². The van der Waals surface area contributed by atoms with Crippen molar-refractivity contribution in [3.63, 3.8) is 0 Å². The van der Waals surface area contributed by atoms with Crippen LogP contribution in [0.1, 0.15) is 32.1 Å². The average Bonchev–Trinajstić information content (AvgIpc) is 3.37. The highest BCUT2D eigenvalue weighted by Crippen LogP contribution is 2.38. The molecule has 0 spiro atoms. The van der Waals surface area contributed by atoms with E-state index in [2.05, 4.69) is 20.4 Å². The van der Waals surface area contributed by atoms with Gasteiger partial charge in [0.05, 0.1) is 29.2 Å². The summed E-state index contributed by atoms with van der Waals surface area (Å²) in [5.74, 6) is -1.64. The molecule has 1 aliphatic rings. The lowest BCUT2D eigenvalue weighted by Crippen LogP contribution is -2.21. The number of alkyl halides is 6. The number of benzene rings is 1. The molecule has 0 bridgehead atoms. The molecular weight excluding hydrogens is 482 g/mol. The van der Waals surface area contributed by atoms with Gasteiger partial charge in [0.2, 0.25) is 0 Å². The Morgan fingerprint density at radius 3 is 2.49 bits per heavy atom. The van der Waals surface area contributed by atoms with Gasteiger partial charge < -0.3 is 10.6 Å². The smallest absolute Gasteiger partial charge is 0.322 e. The number of amides is 2. The first-order valence-corrected chi connectivity index (χ1v) is 9.68. The number of carbonyl (C=O) groups is 2. The van der Waals surface area contributed by atoms with E-state index in [9.17, 15) is 35.9 Å². The van der Waals surface area contributed by atoms with E-state index in [0.29, 0.717) is 22.3 Å². The highest BCUT2D eigenvalue weighted by Gasteiger charge is 2.41. The number of aromatic nitrogens is 4. The standard InChI is InChI=1S/C21H10F6N6O2/c22-20(23,24)14-6-9(4-5-28-14)31-19(35)12-7-30-33(16(12)21(25,26)27)13-8-29-17-15-10(13)2-1-3-11(15)18(34)32-17/h1-8H,(H,28,31,35)(H,29,32,34). The summed E-state index contributed by atoms with van der Waals surface area (Å²) in [6.45, 7) is 0. The maximum absolute atomic E-state index is 14.1. The molecule has 8 nitrogen and oxygen atoms in total. The van der Waals surface area contributed by atoms with E-state index < -0.39 is 46.8 Å². The summed E-state index contributed by atoms with van der Waals surface area (Å²) in [6.07, 6.45) is -7.43. The van der Waals surface area contributed by atoms with Crippen molar-refractivity contribution in [3.05, 3.63) is 71.4 Å². The normalized spacial score (nSPS) is 13.3. The maximum Gasteiger partial charge on any atom is 0.434 e. The highest BCUT2D eigenvalue weighted by atomic mass is 19.4. The largest absolute Gasteiger partial charge is 0.434 e. The van der Waals surface area contributed by atoms with Gasteiger partial charge in [-0.05, 0) is 18.2 Å². The van der Waals surface area contributed by atoms with Gasteiger partial charge in [0.1, 0.15) is 11.5 Å². The predicted molar refractivity (Wildman–Crippen MR) is 109 cm³/mol. The Labute approximate surface area is 190 Å². The van der Waals surface area contributed by atoms with E-state index in [1.54, 1.807) is 0 Å². The number of hydrogen-bond donors (Lipinski definition) is 2. The van der Waals surface area contributed by atoms with E-state index in [1.807, 2.05) is 5.32 Å². The summed E-state index contributed by atoms with van der Waals surface area (Å²) in [5, 5.41) is 8.76. The van der Waals surface area contributed by atoms with Gasteiger partial charge in [0.25, 0.3) is 11.8 Å². The molecule has 5 rings (SSSR count). The zero-order valence-corrected chi connectivity index (χ0v) is 17.0. The van der Waals surface area contributed by atoms with Gasteiger partial charge >= 0.3 is 12.4 Å². The molecule has 35 heavy (non-hydrogen) atoms. The highest BCUT2D eigenvalue weighted by molar-refractivity contribution is 6.24. The summed E-state index contributed by atoms with van der Waals surface area (Å²) >= 11 is 0. The molecule has 2 N–H and O–H groups in total. The molecule has 0 saturated heterocycles. The number of pyridine rings is 2. The van der Waals surface area contributed by atoms with Gasteiger partial charge in [0.15, 0.2) is 5.69 Å². The van der Waals surface area contributed by atoms with Crippen molar-refractivity contribution in [1.82, 2.24) is 19.7 Å². The second kappa shape index (κ2) is 7.51. The van der Waals surface area contributed by atoms with E-state index in [1.165, 1.54) is 18.2 Å². The SMILES string of the molecule is O=C(Nc1ccnc(C(F)(F)F)c1)c1cnn(-c2cnc3c4c(cccc24)C(=O)N3)c1C(F)(F)F. The van der Waals surface area contributed by atoms with E-state index >= 15 is 0 Å². The van der Waals surface area contributed by atoms with E-state index in [0.717, 1.165) is 18.5 Å². The molecule has 14 heteroatoms. The summed E-state index contributed by atoms with van der Waals surface area (Å²) in [4.78, 5) is 31.9. The first kappa shape index (κ1) is 22.3. The third kappa shape index (κ3) is 3.72.